The second kappa shape index (κ2) is 9.01. The second-order valence-corrected chi connectivity index (χ2v) is 8.26. The minimum atomic E-state index is -3.71. The summed E-state index contributed by atoms with van der Waals surface area (Å²) in [6.07, 6.45) is 1.89. The van der Waals surface area contributed by atoms with Gasteiger partial charge in [-0.15, -0.1) is 12.4 Å². The molecule has 9 heteroatoms. The highest BCUT2D eigenvalue weighted by molar-refractivity contribution is 7.89. The van der Waals surface area contributed by atoms with Crippen LogP contribution in [0.1, 0.15) is 19.8 Å². The number of carbonyl (C=O) groups excluding carboxylic acids is 1. The summed E-state index contributed by atoms with van der Waals surface area (Å²) in [6, 6.07) is 6.10. The lowest BCUT2D eigenvalue weighted by atomic mass is 10.00. The van der Waals surface area contributed by atoms with Crippen LogP contribution in [0.15, 0.2) is 29.2 Å². The number of hydrogen-bond donors (Lipinski definition) is 2. The number of hydrogen-bond acceptors (Lipinski definition) is 4. The molecule has 1 aliphatic rings. The molecular formula is C15H23Cl2N3O3S. The van der Waals surface area contributed by atoms with Crippen LogP contribution in [-0.2, 0) is 14.8 Å². The summed E-state index contributed by atoms with van der Waals surface area (Å²) in [5.41, 5.74) is 0. The zero-order chi connectivity index (χ0) is 17.0. The Bertz CT molecular complexity index is 652. The van der Waals surface area contributed by atoms with Gasteiger partial charge in [0.25, 0.3) is 0 Å². The number of amides is 1. The third kappa shape index (κ3) is 5.32. The maximum absolute atomic E-state index is 12.4. The van der Waals surface area contributed by atoms with E-state index in [9.17, 15) is 13.2 Å². The molecule has 0 aliphatic carbocycles. The highest BCUT2D eigenvalue weighted by Crippen LogP contribution is 2.17. The minimum Gasteiger partial charge on any atom is -0.351 e. The van der Waals surface area contributed by atoms with E-state index in [2.05, 4.69) is 10.6 Å². The van der Waals surface area contributed by atoms with Gasteiger partial charge in [0.05, 0.1) is 11.4 Å². The van der Waals surface area contributed by atoms with Crippen molar-refractivity contribution < 1.29 is 13.2 Å². The first-order chi connectivity index (χ1) is 10.8. The topological polar surface area (TPSA) is 78.5 Å². The summed E-state index contributed by atoms with van der Waals surface area (Å²) in [5, 5.41) is 6.66. The van der Waals surface area contributed by atoms with Crippen LogP contribution in [0.2, 0.25) is 5.02 Å². The molecule has 6 nitrogen and oxygen atoms in total. The molecule has 2 unspecified atom stereocenters. The first-order valence-corrected chi connectivity index (χ1v) is 9.37. The van der Waals surface area contributed by atoms with Gasteiger partial charge >= 0.3 is 0 Å². The van der Waals surface area contributed by atoms with Crippen LogP contribution in [0.5, 0.6) is 0 Å². The van der Waals surface area contributed by atoms with E-state index < -0.39 is 10.0 Å². The number of benzene rings is 1. The summed E-state index contributed by atoms with van der Waals surface area (Å²) in [5.74, 6) is -0.300. The number of halogens is 2. The molecule has 24 heavy (non-hydrogen) atoms. The molecule has 0 radical (unpaired) electrons. The monoisotopic (exact) mass is 395 g/mol. The largest absolute Gasteiger partial charge is 0.351 e. The van der Waals surface area contributed by atoms with Crippen molar-refractivity contribution in [3.8, 4) is 0 Å². The van der Waals surface area contributed by atoms with Crippen LogP contribution in [0.25, 0.3) is 0 Å². The van der Waals surface area contributed by atoms with E-state index in [1.165, 1.54) is 31.3 Å². The quantitative estimate of drug-likeness (QED) is 0.793. The fourth-order valence-electron chi connectivity index (χ4n) is 2.57. The summed E-state index contributed by atoms with van der Waals surface area (Å²) in [7, 11) is -2.31. The van der Waals surface area contributed by atoms with Crippen LogP contribution >= 0.6 is 24.0 Å². The third-order valence-electron chi connectivity index (χ3n) is 4.00. The van der Waals surface area contributed by atoms with E-state index in [0.717, 1.165) is 23.7 Å². The third-order valence-corrected chi connectivity index (χ3v) is 6.07. The van der Waals surface area contributed by atoms with Gasteiger partial charge in [0.15, 0.2) is 0 Å². The first-order valence-electron chi connectivity index (χ1n) is 7.55. The van der Waals surface area contributed by atoms with Crippen molar-refractivity contribution in [3.05, 3.63) is 29.3 Å². The Labute approximate surface area is 154 Å². The van der Waals surface area contributed by atoms with E-state index >= 15 is 0 Å². The van der Waals surface area contributed by atoms with Crippen LogP contribution in [0, 0.1) is 0 Å². The van der Waals surface area contributed by atoms with Crippen LogP contribution in [0.4, 0.5) is 0 Å². The van der Waals surface area contributed by atoms with Crippen LogP contribution in [0.3, 0.4) is 0 Å². The Balaban J connectivity index is 0.00000288. The van der Waals surface area contributed by atoms with E-state index in [-0.39, 0.29) is 41.8 Å². The van der Waals surface area contributed by atoms with Crippen molar-refractivity contribution in [2.45, 2.75) is 36.7 Å². The lowest BCUT2D eigenvalue weighted by Gasteiger charge is -2.31. The van der Waals surface area contributed by atoms with Gasteiger partial charge in [-0.2, -0.15) is 4.31 Å². The first kappa shape index (κ1) is 21.2. The molecule has 2 rings (SSSR count). The Morgan fingerprint density at radius 1 is 1.38 bits per heavy atom. The van der Waals surface area contributed by atoms with E-state index in [1.54, 1.807) is 0 Å². The summed E-state index contributed by atoms with van der Waals surface area (Å²) in [6.45, 7) is 2.74. The lowest BCUT2D eigenvalue weighted by Crippen LogP contribution is -2.53. The van der Waals surface area contributed by atoms with Crippen molar-refractivity contribution in [1.82, 2.24) is 14.9 Å². The van der Waals surface area contributed by atoms with Gasteiger partial charge in [-0.25, -0.2) is 8.42 Å². The van der Waals surface area contributed by atoms with Gasteiger partial charge in [-0.1, -0.05) is 11.6 Å². The molecule has 1 heterocycles. The number of rotatable bonds is 5. The molecule has 1 aromatic rings. The second-order valence-electron chi connectivity index (χ2n) is 5.77. The zero-order valence-electron chi connectivity index (χ0n) is 13.7. The average molecular weight is 396 g/mol. The predicted molar refractivity (Wildman–Crippen MR) is 97.1 cm³/mol. The summed E-state index contributed by atoms with van der Waals surface area (Å²) in [4.78, 5) is 12.2. The van der Waals surface area contributed by atoms with E-state index in [4.69, 9.17) is 11.6 Å². The van der Waals surface area contributed by atoms with E-state index in [1.807, 2.05) is 6.92 Å². The fraction of sp³-hybridized carbons (Fsp3) is 0.533. The Morgan fingerprint density at radius 2 is 2.00 bits per heavy atom. The lowest BCUT2D eigenvalue weighted by molar-refractivity contribution is -0.122. The summed E-state index contributed by atoms with van der Waals surface area (Å²) < 4.78 is 25.9. The van der Waals surface area contributed by atoms with Gasteiger partial charge in [0.1, 0.15) is 0 Å². The SMILES string of the molecule is CC1NCCCC1NC(=O)CN(C)S(=O)(=O)c1ccc(Cl)cc1.Cl. The van der Waals surface area contributed by atoms with Crippen molar-refractivity contribution in [3.63, 3.8) is 0 Å². The maximum Gasteiger partial charge on any atom is 0.243 e. The number of piperidine rings is 1. The fourth-order valence-corrected chi connectivity index (χ4v) is 3.82. The minimum absolute atomic E-state index is 0. The Kier molecular flexibility index (Phi) is 7.95. The number of carbonyl (C=O) groups is 1. The molecule has 0 bridgehead atoms. The Morgan fingerprint density at radius 3 is 2.58 bits per heavy atom. The van der Waals surface area contributed by atoms with E-state index in [0.29, 0.717) is 5.02 Å². The standard InChI is InChI=1S/C15H22ClN3O3S.ClH/c1-11-14(4-3-9-17-11)18-15(20)10-19(2)23(21,22)13-7-5-12(16)6-8-13;/h5-8,11,14,17H,3-4,9-10H2,1-2H3,(H,18,20);1H. The molecule has 136 valence electrons. The molecule has 2 N–H and O–H groups in total. The van der Waals surface area contributed by atoms with Gasteiger partial charge in [-0.05, 0) is 50.6 Å². The Hall–Kier alpha value is -0.860. The molecule has 0 aromatic heterocycles. The molecule has 1 aromatic carbocycles. The maximum atomic E-state index is 12.4. The smallest absolute Gasteiger partial charge is 0.243 e. The average Bonchev–Trinajstić information content (AvgIpc) is 2.50. The molecule has 0 spiro atoms. The van der Waals surface area contributed by atoms with Crippen molar-refractivity contribution in [2.75, 3.05) is 20.1 Å². The zero-order valence-corrected chi connectivity index (χ0v) is 16.0. The molecule has 2 atom stereocenters. The molecule has 0 saturated carbocycles. The molecule has 1 aliphatic heterocycles. The molecule has 1 amide bonds. The van der Waals surface area contributed by atoms with Gasteiger partial charge in [-0.3, -0.25) is 4.79 Å². The van der Waals surface area contributed by atoms with Crippen molar-refractivity contribution in [1.29, 1.82) is 0 Å². The highest BCUT2D eigenvalue weighted by Gasteiger charge is 2.26. The molecule has 1 fully saturated rings. The van der Waals surface area contributed by atoms with Gasteiger partial charge in [0.2, 0.25) is 15.9 Å². The number of sulfonamides is 1. The predicted octanol–water partition coefficient (Wildman–Crippen LogP) is 1.64. The van der Waals surface area contributed by atoms with Crippen molar-refractivity contribution in [2.24, 2.45) is 0 Å². The molecule has 1 saturated heterocycles. The van der Waals surface area contributed by atoms with Gasteiger partial charge in [0, 0.05) is 24.2 Å². The van der Waals surface area contributed by atoms with Crippen LogP contribution in [-0.4, -0.2) is 50.9 Å². The normalized spacial score (nSPS) is 21.2. The number of nitrogens with zero attached hydrogens (tertiary/aromatic N) is 1. The van der Waals surface area contributed by atoms with Crippen molar-refractivity contribution >= 4 is 39.9 Å². The van der Waals surface area contributed by atoms with Gasteiger partial charge < -0.3 is 10.6 Å². The number of nitrogens with one attached hydrogen (secondary N) is 2. The van der Waals surface area contributed by atoms with Crippen LogP contribution < -0.4 is 10.6 Å². The highest BCUT2D eigenvalue weighted by atomic mass is 35.5. The molecular weight excluding hydrogens is 373 g/mol. The summed E-state index contributed by atoms with van der Waals surface area (Å²) >= 11 is 5.77. The number of likely N-dealkylation sites (N-methyl/N-ethyl adjacent to an activating group) is 1.